The number of esters is 4. The van der Waals surface area contributed by atoms with E-state index in [1.807, 2.05) is 0 Å². The molecule has 3 N–H and O–H groups in total. The Balaban J connectivity index is 5.08. The fourth-order valence-corrected chi connectivity index (χ4v) is 13.4. The quantitative estimate of drug-likeness (QED) is 0.0222. The number of rotatable bonds is 77. The molecule has 0 aliphatic carbocycles. The Morgan fingerprint density at radius 3 is 0.740 bits per heavy atom. The van der Waals surface area contributed by atoms with Crippen molar-refractivity contribution in [1.82, 2.24) is 0 Å². The first-order chi connectivity index (χ1) is 46.6. The van der Waals surface area contributed by atoms with Crippen LogP contribution in [0.2, 0.25) is 0 Å². The molecule has 0 saturated carbocycles. The fraction of sp³-hybridized carbons (Fsp3) is 0.948. The van der Waals surface area contributed by atoms with E-state index >= 15 is 0 Å². The van der Waals surface area contributed by atoms with Gasteiger partial charge in [0.1, 0.15) is 19.3 Å². The minimum absolute atomic E-state index is 0.105. The van der Waals surface area contributed by atoms with Crippen LogP contribution in [0.4, 0.5) is 0 Å². The maximum Gasteiger partial charge on any atom is 0.472 e. The van der Waals surface area contributed by atoms with Crippen LogP contribution in [0.3, 0.4) is 0 Å². The number of unbranched alkanes of at least 4 members (excludes halogenated alkanes) is 48. The van der Waals surface area contributed by atoms with Gasteiger partial charge in [0.05, 0.1) is 26.4 Å². The lowest BCUT2D eigenvalue weighted by atomic mass is 9.99. The van der Waals surface area contributed by atoms with Gasteiger partial charge in [0.25, 0.3) is 0 Å². The number of ether oxygens (including phenoxy) is 4. The maximum absolute atomic E-state index is 13.1. The standard InChI is InChI=1S/C77H150O17P2/c1-6-10-13-16-18-20-21-22-23-24-25-26-30-33-36-39-43-46-51-56-61-75(80)88-67-73(94-77(82)63-58-53-48-44-40-37-34-31-28-27-29-32-35-38-42-45-50-54-59-70(5)9-4)69-92-96(85,86)90-65-71(78)64-89-95(83,84)91-68-72(66-87-74(79)60-55-49-15-12-8-3)93-76(81)62-57-52-47-41-19-17-14-11-7-2/h70-73,78H,6-69H2,1-5H3,(H,83,84)(H,85,86)/t70?,71-,72+,73+/m0/s1. The monoisotopic (exact) mass is 1410 g/mol. The van der Waals surface area contributed by atoms with Gasteiger partial charge in [-0.05, 0) is 31.6 Å². The summed E-state index contributed by atoms with van der Waals surface area (Å²) >= 11 is 0. The van der Waals surface area contributed by atoms with E-state index in [9.17, 15) is 43.2 Å². The summed E-state index contributed by atoms with van der Waals surface area (Å²) in [5.74, 6) is -1.26. The number of phosphoric ester groups is 2. The van der Waals surface area contributed by atoms with Crippen LogP contribution < -0.4 is 0 Å². The van der Waals surface area contributed by atoms with Gasteiger partial charge in [-0.25, -0.2) is 9.13 Å². The van der Waals surface area contributed by atoms with Gasteiger partial charge in [-0.3, -0.25) is 37.3 Å². The van der Waals surface area contributed by atoms with Crippen molar-refractivity contribution in [3.05, 3.63) is 0 Å². The van der Waals surface area contributed by atoms with Crippen LogP contribution in [-0.4, -0.2) is 96.7 Å². The molecule has 0 amide bonds. The predicted octanol–water partition coefficient (Wildman–Crippen LogP) is 22.9. The molecule has 96 heavy (non-hydrogen) atoms. The number of hydrogen-bond acceptors (Lipinski definition) is 15. The molecular weight excluding hydrogens is 1260 g/mol. The van der Waals surface area contributed by atoms with Gasteiger partial charge in [-0.2, -0.15) is 0 Å². The minimum Gasteiger partial charge on any atom is -0.462 e. The van der Waals surface area contributed by atoms with E-state index in [1.54, 1.807) is 0 Å². The third kappa shape index (κ3) is 69.2. The highest BCUT2D eigenvalue weighted by atomic mass is 31.2. The summed E-state index contributed by atoms with van der Waals surface area (Å²) in [4.78, 5) is 72.4. The Kier molecular flexibility index (Phi) is 68.7. The van der Waals surface area contributed by atoms with Crippen LogP contribution in [0.15, 0.2) is 0 Å². The fourth-order valence-electron chi connectivity index (χ4n) is 11.8. The van der Waals surface area contributed by atoms with E-state index < -0.39 is 97.5 Å². The van der Waals surface area contributed by atoms with E-state index in [0.717, 1.165) is 102 Å². The van der Waals surface area contributed by atoms with Crippen molar-refractivity contribution in [1.29, 1.82) is 0 Å². The van der Waals surface area contributed by atoms with Crippen LogP contribution in [0.1, 0.15) is 407 Å². The van der Waals surface area contributed by atoms with Gasteiger partial charge in [-0.1, -0.05) is 356 Å². The van der Waals surface area contributed by atoms with Crippen molar-refractivity contribution in [2.75, 3.05) is 39.6 Å². The zero-order valence-electron chi connectivity index (χ0n) is 62.5. The Morgan fingerprint density at radius 1 is 0.292 bits per heavy atom. The van der Waals surface area contributed by atoms with Gasteiger partial charge in [0, 0.05) is 25.7 Å². The van der Waals surface area contributed by atoms with E-state index in [4.69, 9.17) is 37.0 Å². The molecule has 0 aromatic carbocycles. The average Bonchev–Trinajstić information content (AvgIpc) is 1.22. The Hall–Kier alpha value is -1.94. The van der Waals surface area contributed by atoms with E-state index in [0.29, 0.717) is 25.7 Å². The Bertz CT molecular complexity index is 1840. The molecule has 3 unspecified atom stereocenters. The molecule has 0 bridgehead atoms. The molecule has 0 spiro atoms. The largest absolute Gasteiger partial charge is 0.472 e. The third-order valence-electron chi connectivity index (χ3n) is 18.4. The molecule has 0 aromatic heterocycles. The summed E-state index contributed by atoms with van der Waals surface area (Å²) in [7, 11) is -9.89. The SMILES string of the molecule is CCCCCCCCCCCCCCCCCCCCCCC(=O)OC[C@H](COP(=O)(O)OC[C@@H](O)COP(=O)(O)OC[C@@H](COC(=O)CCCCCCC)OC(=O)CCCCCCCCCCC)OC(=O)CCCCCCCCCCCCCCCCCCCCC(C)CC. The number of phosphoric acid groups is 2. The molecule has 0 saturated heterocycles. The lowest BCUT2D eigenvalue weighted by Crippen LogP contribution is -2.30. The molecule has 17 nitrogen and oxygen atoms in total. The highest BCUT2D eigenvalue weighted by Crippen LogP contribution is 2.45. The number of carbonyl (C=O) groups is 4. The van der Waals surface area contributed by atoms with Crippen molar-refractivity contribution < 1.29 is 80.2 Å². The summed E-state index contributed by atoms with van der Waals surface area (Å²) in [6, 6.07) is 0. The second kappa shape index (κ2) is 70.1. The van der Waals surface area contributed by atoms with Crippen molar-refractivity contribution in [3.8, 4) is 0 Å². The second-order valence-corrected chi connectivity index (χ2v) is 30.9. The van der Waals surface area contributed by atoms with Crippen LogP contribution in [0.5, 0.6) is 0 Å². The van der Waals surface area contributed by atoms with Gasteiger partial charge < -0.3 is 33.8 Å². The van der Waals surface area contributed by atoms with E-state index in [-0.39, 0.29) is 25.7 Å². The molecule has 0 aromatic rings. The van der Waals surface area contributed by atoms with E-state index in [1.165, 1.54) is 225 Å². The van der Waals surface area contributed by atoms with Gasteiger partial charge >= 0.3 is 39.5 Å². The van der Waals surface area contributed by atoms with Crippen LogP contribution >= 0.6 is 15.6 Å². The summed E-state index contributed by atoms with van der Waals surface area (Å²) in [6.45, 7) is 7.25. The predicted molar refractivity (Wildman–Crippen MR) is 391 cm³/mol. The van der Waals surface area contributed by atoms with Crippen LogP contribution in [-0.2, 0) is 65.4 Å². The number of carbonyl (C=O) groups excluding carboxylic acids is 4. The molecule has 0 fully saturated rings. The first-order valence-electron chi connectivity index (χ1n) is 40.2. The van der Waals surface area contributed by atoms with Crippen molar-refractivity contribution in [2.45, 2.75) is 425 Å². The third-order valence-corrected chi connectivity index (χ3v) is 20.3. The highest BCUT2D eigenvalue weighted by molar-refractivity contribution is 7.47. The number of hydrogen-bond donors (Lipinski definition) is 3. The molecule has 0 aliphatic rings. The maximum atomic E-state index is 13.1. The zero-order valence-corrected chi connectivity index (χ0v) is 64.3. The first kappa shape index (κ1) is 94.1. The summed E-state index contributed by atoms with van der Waals surface area (Å²) in [6.07, 6.45) is 60.3. The first-order valence-corrected chi connectivity index (χ1v) is 43.2. The second-order valence-electron chi connectivity index (χ2n) is 28.0. The number of aliphatic hydroxyl groups is 1. The summed E-state index contributed by atoms with van der Waals surface area (Å²) < 4.78 is 68.2. The van der Waals surface area contributed by atoms with Crippen molar-refractivity contribution in [3.63, 3.8) is 0 Å². The van der Waals surface area contributed by atoms with Crippen LogP contribution in [0, 0.1) is 5.92 Å². The zero-order chi connectivity index (χ0) is 70.5. The molecule has 0 rings (SSSR count). The topological polar surface area (TPSA) is 237 Å². The van der Waals surface area contributed by atoms with Gasteiger partial charge in [0.2, 0.25) is 0 Å². The Morgan fingerprint density at radius 2 is 0.500 bits per heavy atom. The van der Waals surface area contributed by atoms with Crippen molar-refractivity contribution in [2.24, 2.45) is 5.92 Å². The molecular formula is C77H150O17P2. The minimum atomic E-state index is -4.95. The van der Waals surface area contributed by atoms with Crippen molar-refractivity contribution >= 4 is 39.5 Å². The molecule has 6 atom stereocenters. The lowest BCUT2D eigenvalue weighted by Gasteiger charge is -2.21. The summed E-state index contributed by atoms with van der Waals surface area (Å²) in [5.41, 5.74) is 0. The van der Waals surface area contributed by atoms with E-state index in [2.05, 4.69) is 34.6 Å². The lowest BCUT2D eigenvalue weighted by molar-refractivity contribution is -0.161. The number of aliphatic hydroxyl groups excluding tert-OH is 1. The smallest absolute Gasteiger partial charge is 0.462 e. The molecule has 0 heterocycles. The molecule has 0 aliphatic heterocycles. The molecule has 19 heteroatoms. The highest BCUT2D eigenvalue weighted by Gasteiger charge is 2.30. The molecule has 570 valence electrons. The summed E-state index contributed by atoms with van der Waals surface area (Å²) in [5, 5.41) is 10.6. The molecule has 0 radical (unpaired) electrons. The average molecular weight is 1410 g/mol. The Labute approximate surface area is 588 Å². The van der Waals surface area contributed by atoms with Crippen LogP contribution in [0.25, 0.3) is 0 Å². The van der Waals surface area contributed by atoms with Gasteiger partial charge in [0.15, 0.2) is 12.2 Å². The normalized spacial score (nSPS) is 14.2. The van der Waals surface area contributed by atoms with Gasteiger partial charge in [-0.15, -0.1) is 0 Å².